The molecule has 0 N–H and O–H groups in total. The van der Waals surface area contributed by atoms with Crippen LogP contribution in [0.25, 0.3) is 5.57 Å². The van der Waals surface area contributed by atoms with Crippen molar-refractivity contribution in [3.05, 3.63) is 113 Å². The summed E-state index contributed by atoms with van der Waals surface area (Å²) in [5.74, 6) is 0. The maximum absolute atomic E-state index is 3.92. The summed E-state index contributed by atoms with van der Waals surface area (Å²) in [6.07, 6.45) is 3.24. The summed E-state index contributed by atoms with van der Waals surface area (Å²) in [6.45, 7) is 38.4. The molecule has 0 aliphatic carbocycles. The highest BCUT2D eigenvalue weighted by molar-refractivity contribution is 5.61. The first-order chi connectivity index (χ1) is 16.1. The van der Waals surface area contributed by atoms with E-state index in [-0.39, 0.29) is 5.41 Å². The Kier molecular flexibility index (Phi) is 21.9. The van der Waals surface area contributed by atoms with Crippen LogP contribution in [0.3, 0.4) is 0 Å². The Hall–Kier alpha value is -2.60. The van der Waals surface area contributed by atoms with Gasteiger partial charge in [0.05, 0.1) is 0 Å². The lowest BCUT2D eigenvalue weighted by Gasteiger charge is -2.19. The number of rotatable bonds is 3. The topological polar surface area (TPSA) is 0 Å². The maximum atomic E-state index is 3.92. The van der Waals surface area contributed by atoms with Gasteiger partial charge in [-0.3, -0.25) is 0 Å². The van der Waals surface area contributed by atoms with Gasteiger partial charge in [-0.1, -0.05) is 143 Å². The normalized spacial score (nSPS) is 9.91. The highest BCUT2D eigenvalue weighted by Crippen LogP contribution is 2.23. The largest absolute Gasteiger partial charge is 0.100 e. The average molecular weight is 477 g/mol. The van der Waals surface area contributed by atoms with Gasteiger partial charge < -0.3 is 0 Å². The number of allylic oxidation sites excluding steroid dienone is 5. The molecule has 35 heavy (non-hydrogen) atoms. The van der Waals surface area contributed by atoms with Crippen LogP contribution in [0.15, 0.2) is 91.1 Å². The van der Waals surface area contributed by atoms with E-state index in [0.717, 1.165) is 17.6 Å². The van der Waals surface area contributed by atoms with Gasteiger partial charge in [0.15, 0.2) is 0 Å². The Bertz CT molecular complexity index is 838. The Balaban J connectivity index is -0.000000408. The van der Waals surface area contributed by atoms with E-state index in [9.17, 15) is 0 Å². The summed E-state index contributed by atoms with van der Waals surface area (Å²) < 4.78 is 0. The van der Waals surface area contributed by atoms with Gasteiger partial charge in [-0.15, -0.1) is 6.58 Å². The van der Waals surface area contributed by atoms with Crippen LogP contribution >= 0.6 is 0 Å². The second kappa shape index (κ2) is 20.7. The van der Waals surface area contributed by atoms with Gasteiger partial charge in [0, 0.05) is 0 Å². The average Bonchev–Trinajstić information content (AvgIpc) is 2.76. The van der Waals surface area contributed by atoms with E-state index in [1.54, 1.807) is 0 Å². The molecule has 0 saturated heterocycles. The monoisotopic (exact) mass is 476 g/mol. The van der Waals surface area contributed by atoms with Gasteiger partial charge in [0.1, 0.15) is 0 Å². The third-order valence-electron chi connectivity index (χ3n) is 4.51. The SMILES string of the molecule is C=C(C)/C=C(\C)CC.C=C(C)C.C=C(C)c1ccc(C(C)(C)C)cc1.CC.Cc1ccc(C)cc1. The lowest BCUT2D eigenvalue weighted by atomic mass is 9.86. The van der Waals surface area contributed by atoms with Crippen LogP contribution in [-0.4, -0.2) is 0 Å². The third-order valence-corrected chi connectivity index (χ3v) is 4.51. The predicted molar refractivity (Wildman–Crippen MR) is 166 cm³/mol. The van der Waals surface area contributed by atoms with Gasteiger partial charge in [-0.25, -0.2) is 0 Å². The highest BCUT2D eigenvalue weighted by Gasteiger charge is 2.12. The minimum Gasteiger partial charge on any atom is -0.100 e. The number of hydrogen-bond donors (Lipinski definition) is 0. The van der Waals surface area contributed by atoms with Crippen LogP contribution in [-0.2, 0) is 5.41 Å². The van der Waals surface area contributed by atoms with Crippen molar-refractivity contribution in [2.24, 2.45) is 0 Å². The maximum Gasteiger partial charge on any atom is -0.0132 e. The Labute approximate surface area is 220 Å². The molecular formula is C35H56. The number of hydrogen-bond acceptors (Lipinski definition) is 0. The number of aryl methyl sites for hydroxylation is 2. The predicted octanol–water partition coefficient (Wildman–Crippen LogP) is 11.8. The molecule has 0 bridgehead atoms. The summed E-state index contributed by atoms with van der Waals surface area (Å²) in [6, 6.07) is 17.1. The summed E-state index contributed by atoms with van der Waals surface area (Å²) in [5, 5.41) is 0. The fraction of sp³-hybridized carbons (Fsp3) is 0.429. The minimum absolute atomic E-state index is 0.244. The van der Waals surface area contributed by atoms with Crippen LogP contribution in [0.4, 0.5) is 0 Å². The summed E-state index contributed by atoms with van der Waals surface area (Å²) >= 11 is 0. The van der Waals surface area contributed by atoms with Crippen molar-refractivity contribution in [2.45, 2.75) is 102 Å². The van der Waals surface area contributed by atoms with E-state index in [0.29, 0.717) is 0 Å². The van der Waals surface area contributed by atoms with E-state index in [1.165, 1.54) is 33.4 Å². The molecule has 0 unspecified atom stereocenters. The van der Waals surface area contributed by atoms with Gasteiger partial charge >= 0.3 is 0 Å². The zero-order valence-corrected chi connectivity index (χ0v) is 25.5. The molecule has 0 fully saturated rings. The molecule has 0 amide bonds. The first kappa shape index (κ1) is 37.0. The van der Waals surface area contributed by atoms with E-state index >= 15 is 0 Å². The molecule has 0 aromatic heterocycles. The first-order valence-electron chi connectivity index (χ1n) is 12.8. The molecule has 0 radical (unpaired) electrons. The molecular weight excluding hydrogens is 420 g/mol. The zero-order valence-electron chi connectivity index (χ0n) is 25.5. The van der Waals surface area contributed by atoms with Gasteiger partial charge in [0.25, 0.3) is 0 Å². The van der Waals surface area contributed by atoms with E-state index in [1.807, 2.05) is 41.5 Å². The van der Waals surface area contributed by atoms with Crippen LogP contribution in [0.5, 0.6) is 0 Å². The Morgan fingerprint density at radius 1 is 0.714 bits per heavy atom. The minimum atomic E-state index is 0.244. The van der Waals surface area contributed by atoms with Crippen LogP contribution < -0.4 is 0 Å². The second-order valence-electron chi connectivity index (χ2n) is 10.2. The zero-order chi connectivity index (χ0) is 28.2. The molecule has 0 heteroatoms. The standard InChI is InChI=1S/C13H18.C8H10.C8H14.C4H8.C2H6/c1-10(2)11-6-8-12(9-7-11)13(3,4)5;1-7-3-5-8(2)6-4-7;1-5-8(4)6-7(2)3;1-4(2)3;1-2/h6-9H,1H2,2-5H3;3-6H,1-2H3;6H,2,5H2,1,3-4H3;1H2,2-3H3;1-2H3/b;;8-6+;;. The third kappa shape index (κ3) is 24.3. The Morgan fingerprint density at radius 2 is 1.06 bits per heavy atom. The lowest BCUT2D eigenvalue weighted by Crippen LogP contribution is -2.10. The Morgan fingerprint density at radius 3 is 1.26 bits per heavy atom. The molecule has 0 aliphatic heterocycles. The molecule has 0 aliphatic rings. The lowest BCUT2D eigenvalue weighted by molar-refractivity contribution is 0.590. The molecule has 0 nitrogen and oxygen atoms in total. The van der Waals surface area contributed by atoms with Crippen molar-refractivity contribution in [3.63, 3.8) is 0 Å². The van der Waals surface area contributed by atoms with Crippen molar-refractivity contribution in [1.29, 1.82) is 0 Å². The van der Waals surface area contributed by atoms with Crippen LogP contribution in [0.1, 0.15) is 105 Å². The van der Waals surface area contributed by atoms with Gasteiger partial charge in [-0.2, -0.15) is 0 Å². The molecule has 0 heterocycles. The van der Waals surface area contributed by atoms with Gasteiger partial charge in [0.2, 0.25) is 0 Å². The number of benzene rings is 2. The molecule has 0 atom stereocenters. The van der Waals surface area contributed by atoms with Crippen LogP contribution in [0, 0.1) is 13.8 Å². The highest BCUT2D eigenvalue weighted by atomic mass is 14.2. The fourth-order valence-electron chi connectivity index (χ4n) is 2.41. The molecule has 2 rings (SSSR count). The van der Waals surface area contributed by atoms with E-state index in [4.69, 9.17) is 0 Å². The molecule has 2 aromatic carbocycles. The van der Waals surface area contributed by atoms with Crippen LogP contribution in [0.2, 0.25) is 0 Å². The molecule has 0 saturated carbocycles. The molecule has 0 spiro atoms. The smallest absolute Gasteiger partial charge is 0.0132 e. The van der Waals surface area contributed by atoms with Crippen molar-refractivity contribution in [2.75, 3.05) is 0 Å². The van der Waals surface area contributed by atoms with Gasteiger partial charge in [-0.05, 0) is 71.4 Å². The molecule has 196 valence electrons. The quantitative estimate of drug-likeness (QED) is 0.305. The van der Waals surface area contributed by atoms with Crippen molar-refractivity contribution in [1.82, 2.24) is 0 Å². The van der Waals surface area contributed by atoms with Crippen molar-refractivity contribution >= 4 is 5.57 Å². The van der Waals surface area contributed by atoms with Crippen molar-refractivity contribution in [3.8, 4) is 0 Å². The summed E-state index contributed by atoms with van der Waals surface area (Å²) in [4.78, 5) is 0. The summed E-state index contributed by atoms with van der Waals surface area (Å²) in [7, 11) is 0. The fourth-order valence-corrected chi connectivity index (χ4v) is 2.41. The first-order valence-corrected chi connectivity index (χ1v) is 12.8. The van der Waals surface area contributed by atoms with E-state index in [2.05, 4.69) is 123 Å². The van der Waals surface area contributed by atoms with Crippen molar-refractivity contribution < 1.29 is 0 Å². The summed E-state index contributed by atoms with van der Waals surface area (Å²) in [5.41, 5.74) is 10.3. The van der Waals surface area contributed by atoms with E-state index < -0.39 is 0 Å². The second-order valence-corrected chi connectivity index (χ2v) is 10.2. The molecule has 2 aromatic rings.